The second-order valence-corrected chi connectivity index (χ2v) is 8.21. The predicted molar refractivity (Wildman–Crippen MR) is 119 cm³/mol. The fraction of sp³-hybridized carbons (Fsp3) is 0.318. The molecule has 1 amide bonds. The Labute approximate surface area is 185 Å². The fourth-order valence-corrected chi connectivity index (χ4v) is 3.56. The molecule has 3 aromatic rings. The largest absolute Gasteiger partial charge is 0.395 e. The van der Waals surface area contributed by atoms with Crippen molar-refractivity contribution in [2.45, 2.75) is 18.9 Å². The summed E-state index contributed by atoms with van der Waals surface area (Å²) in [6.07, 6.45) is 3.33. The number of aliphatic hydroxyl groups is 1. The fourth-order valence-electron chi connectivity index (χ4n) is 3.56. The first kappa shape index (κ1) is 21.3. The minimum Gasteiger partial charge on any atom is -0.395 e. The minimum absolute atomic E-state index is 0.0309. The summed E-state index contributed by atoms with van der Waals surface area (Å²) in [6.45, 7) is 2.63. The maximum absolute atomic E-state index is 11.9. The highest BCUT2D eigenvalue weighted by molar-refractivity contribution is 5.77. The van der Waals surface area contributed by atoms with Crippen molar-refractivity contribution >= 4 is 23.4 Å². The Morgan fingerprint density at radius 1 is 1.41 bits per heavy atom. The van der Waals surface area contributed by atoms with E-state index in [9.17, 15) is 15.2 Å². The molecule has 0 spiro atoms. The third kappa shape index (κ3) is 3.98. The molecule has 0 radical (unpaired) electrons. The van der Waals surface area contributed by atoms with Gasteiger partial charge in [0, 0.05) is 50.1 Å². The normalized spacial score (nSPS) is 16.7. The standard InChI is InChI=1S/C22H24N8O2/c1-22(13-31)12-25-20-15(10-23)8-14(9-16(20)22)17-4-6-24-21(26-17)27-18-5-7-30(28-18)11-19(32)29(2)3/h4-9,25,31H,11-13H2,1-3H3,(H,24,26,27,28). The van der Waals surface area contributed by atoms with E-state index < -0.39 is 5.41 Å². The molecular weight excluding hydrogens is 408 g/mol. The summed E-state index contributed by atoms with van der Waals surface area (Å²) in [6, 6.07) is 9.47. The summed E-state index contributed by atoms with van der Waals surface area (Å²) in [5, 5.41) is 30.2. The van der Waals surface area contributed by atoms with Gasteiger partial charge in [0.2, 0.25) is 11.9 Å². The van der Waals surface area contributed by atoms with Crippen LogP contribution in [0.1, 0.15) is 18.1 Å². The van der Waals surface area contributed by atoms with E-state index in [1.807, 2.05) is 13.0 Å². The van der Waals surface area contributed by atoms with Crippen LogP contribution in [0.15, 0.2) is 36.7 Å². The zero-order valence-electron chi connectivity index (χ0n) is 18.1. The quantitative estimate of drug-likeness (QED) is 0.536. The van der Waals surface area contributed by atoms with Crippen LogP contribution in [0.2, 0.25) is 0 Å². The number of aromatic nitrogens is 4. The highest BCUT2D eigenvalue weighted by Gasteiger charge is 2.35. The van der Waals surface area contributed by atoms with Crippen molar-refractivity contribution in [2.24, 2.45) is 0 Å². The number of aliphatic hydroxyl groups excluding tert-OH is 1. The number of nitrogens with zero attached hydrogens (tertiary/aromatic N) is 6. The Morgan fingerprint density at radius 2 is 2.22 bits per heavy atom. The van der Waals surface area contributed by atoms with Crippen LogP contribution in [0.25, 0.3) is 11.3 Å². The monoisotopic (exact) mass is 432 g/mol. The van der Waals surface area contributed by atoms with Crippen LogP contribution < -0.4 is 10.6 Å². The first-order chi connectivity index (χ1) is 15.3. The van der Waals surface area contributed by atoms with Gasteiger partial charge in [0.05, 0.1) is 23.6 Å². The van der Waals surface area contributed by atoms with Crippen LogP contribution in [0.3, 0.4) is 0 Å². The molecule has 1 atom stereocenters. The van der Waals surface area contributed by atoms with E-state index in [2.05, 4.69) is 31.8 Å². The number of likely N-dealkylation sites (N-methyl/N-ethyl adjacent to an activating group) is 1. The number of carbonyl (C=O) groups excluding carboxylic acids is 1. The molecule has 1 aliphatic heterocycles. The maximum Gasteiger partial charge on any atom is 0.243 e. The van der Waals surface area contributed by atoms with Crippen molar-refractivity contribution in [3.8, 4) is 17.3 Å². The van der Waals surface area contributed by atoms with Crippen molar-refractivity contribution in [1.29, 1.82) is 5.26 Å². The molecule has 0 saturated heterocycles. The Kier molecular flexibility index (Phi) is 5.50. The molecule has 3 heterocycles. The van der Waals surface area contributed by atoms with E-state index >= 15 is 0 Å². The molecule has 1 aromatic carbocycles. The van der Waals surface area contributed by atoms with E-state index in [-0.39, 0.29) is 19.1 Å². The number of anilines is 3. The molecule has 10 nitrogen and oxygen atoms in total. The van der Waals surface area contributed by atoms with Crippen LogP contribution in [0.5, 0.6) is 0 Å². The van der Waals surface area contributed by atoms with Gasteiger partial charge in [0.1, 0.15) is 12.6 Å². The first-order valence-electron chi connectivity index (χ1n) is 10.1. The highest BCUT2D eigenvalue weighted by Crippen LogP contribution is 2.41. The summed E-state index contributed by atoms with van der Waals surface area (Å²) in [5.74, 6) is 0.790. The molecule has 4 rings (SSSR count). The van der Waals surface area contributed by atoms with Crippen LogP contribution in [-0.2, 0) is 16.8 Å². The number of nitrogens with one attached hydrogen (secondary N) is 2. The van der Waals surface area contributed by atoms with Crippen LogP contribution in [0, 0.1) is 11.3 Å². The van der Waals surface area contributed by atoms with E-state index in [0.29, 0.717) is 29.6 Å². The SMILES string of the molecule is CN(C)C(=O)Cn1ccc(Nc2nccc(-c3cc(C#N)c4c(c3)C(C)(CO)CN4)n2)n1. The Balaban J connectivity index is 1.61. The molecule has 0 aliphatic carbocycles. The molecule has 1 unspecified atom stereocenters. The van der Waals surface area contributed by atoms with E-state index in [1.54, 1.807) is 44.7 Å². The van der Waals surface area contributed by atoms with Crippen molar-refractivity contribution in [3.05, 3.63) is 47.8 Å². The number of nitriles is 1. The minimum atomic E-state index is -0.470. The number of hydrogen-bond donors (Lipinski definition) is 3. The Bertz CT molecular complexity index is 1210. The molecule has 3 N–H and O–H groups in total. The van der Waals surface area contributed by atoms with Gasteiger partial charge in [-0.15, -0.1) is 0 Å². The van der Waals surface area contributed by atoms with Crippen molar-refractivity contribution in [2.75, 3.05) is 37.9 Å². The molecule has 164 valence electrons. The van der Waals surface area contributed by atoms with Crippen LogP contribution in [-0.4, -0.2) is 62.9 Å². The molecule has 10 heteroatoms. The lowest BCUT2D eigenvalue weighted by atomic mass is 9.83. The predicted octanol–water partition coefficient (Wildman–Crippen LogP) is 1.72. The number of amides is 1. The van der Waals surface area contributed by atoms with Gasteiger partial charge in [-0.3, -0.25) is 9.48 Å². The third-order valence-electron chi connectivity index (χ3n) is 5.54. The first-order valence-corrected chi connectivity index (χ1v) is 10.1. The molecule has 0 bridgehead atoms. The zero-order chi connectivity index (χ0) is 22.9. The second-order valence-electron chi connectivity index (χ2n) is 8.21. The van der Waals surface area contributed by atoms with Gasteiger partial charge >= 0.3 is 0 Å². The van der Waals surface area contributed by atoms with Gasteiger partial charge in [-0.1, -0.05) is 6.92 Å². The van der Waals surface area contributed by atoms with Gasteiger partial charge < -0.3 is 20.6 Å². The van der Waals surface area contributed by atoms with Gasteiger partial charge in [0.25, 0.3) is 0 Å². The second kappa shape index (κ2) is 8.28. The summed E-state index contributed by atoms with van der Waals surface area (Å²) in [4.78, 5) is 22.2. The van der Waals surface area contributed by atoms with Crippen molar-refractivity contribution in [1.82, 2.24) is 24.6 Å². The maximum atomic E-state index is 11.9. The van der Waals surface area contributed by atoms with E-state index in [0.717, 1.165) is 16.8 Å². The van der Waals surface area contributed by atoms with Crippen LogP contribution in [0.4, 0.5) is 17.5 Å². The van der Waals surface area contributed by atoms with Crippen molar-refractivity contribution in [3.63, 3.8) is 0 Å². The lowest BCUT2D eigenvalue weighted by Gasteiger charge is -2.21. The van der Waals surface area contributed by atoms with E-state index in [1.165, 1.54) is 9.58 Å². The summed E-state index contributed by atoms with van der Waals surface area (Å²) in [5.41, 5.74) is 3.09. The summed E-state index contributed by atoms with van der Waals surface area (Å²) >= 11 is 0. The lowest BCUT2D eigenvalue weighted by molar-refractivity contribution is -0.129. The number of rotatable bonds is 6. The average Bonchev–Trinajstić information content (AvgIpc) is 3.37. The van der Waals surface area contributed by atoms with Crippen LogP contribution >= 0.6 is 0 Å². The third-order valence-corrected chi connectivity index (χ3v) is 5.54. The van der Waals surface area contributed by atoms with Gasteiger partial charge in [-0.2, -0.15) is 10.4 Å². The average molecular weight is 432 g/mol. The molecule has 1 aliphatic rings. The number of benzene rings is 1. The molecule has 2 aromatic heterocycles. The molecule has 0 saturated carbocycles. The smallest absolute Gasteiger partial charge is 0.243 e. The van der Waals surface area contributed by atoms with Gasteiger partial charge in [0.15, 0.2) is 5.82 Å². The number of fused-ring (bicyclic) bond motifs is 1. The highest BCUT2D eigenvalue weighted by atomic mass is 16.3. The zero-order valence-corrected chi connectivity index (χ0v) is 18.1. The summed E-state index contributed by atoms with van der Waals surface area (Å²) < 4.78 is 1.54. The molecule has 0 fully saturated rings. The topological polar surface area (TPSA) is 132 Å². The Morgan fingerprint density at radius 3 is 2.94 bits per heavy atom. The lowest BCUT2D eigenvalue weighted by Crippen LogP contribution is -2.28. The van der Waals surface area contributed by atoms with Gasteiger partial charge in [-0.05, 0) is 23.8 Å². The van der Waals surface area contributed by atoms with Crippen molar-refractivity contribution < 1.29 is 9.90 Å². The summed E-state index contributed by atoms with van der Waals surface area (Å²) in [7, 11) is 3.39. The molecule has 32 heavy (non-hydrogen) atoms. The molecular formula is C22H24N8O2. The van der Waals surface area contributed by atoms with E-state index in [4.69, 9.17) is 0 Å². The van der Waals surface area contributed by atoms with Gasteiger partial charge in [-0.25, -0.2) is 9.97 Å². The Hall–Kier alpha value is -3.97. The number of carbonyl (C=O) groups is 1. The number of hydrogen-bond acceptors (Lipinski definition) is 8.